The summed E-state index contributed by atoms with van der Waals surface area (Å²) in [5, 5.41) is 7.05. The third-order valence-corrected chi connectivity index (χ3v) is 5.96. The lowest BCUT2D eigenvalue weighted by Crippen LogP contribution is -2.43. The highest BCUT2D eigenvalue weighted by Gasteiger charge is 2.15. The van der Waals surface area contributed by atoms with Crippen molar-refractivity contribution < 1.29 is 0 Å². The number of aliphatic imine (C=N–C) groups is 1. The molecule has 0 aromatic carbocycles. The van der Waals surface area contributed by atoms with E-state index >= 15 is 0 Å². The SMILES string of the molecule is CCNC(=NCCN1CCCN(C)CC1)NC(C)CCC1CCCCC1.I. The van der Waals surface area contributed by atoms with Gasteiger partial charge < -0.3 is 20.4 Å². The van der Waals surface area contributed by atoms with Gasteiger partial charge in [-0.05, 0) is 59.2 Å². The van der Waals surface area contributed by atoms with Gasteiger partial charge in [0.15, 0.2) is 5.96 Å². The van der Waals surface area contributed by atoms with E-state index in [1.54, 1.807) is 0 Å². The molecular formula is C21H44IN5. The van der Waals surface area contributed by atoms with Gasteiger partial charge in [-0.3, -0.25) is 4.99 Å². The molecule has 1 aliphatic heterocycles. The predicted molar refractivity (Wildman–Crippen MR) is 128 cm³/mol. The molecule has 2 rings (SSSR count). The molecular weight excluding hydrogens is 449 g/mol. The first kappa shape index (κ1) is 25.0. The maximum Gasteiger partial charge on any atom is 0.191 e. The van der Waals surface area contributed by atoms with E-state index in [4.69, 9.17) is 4.99 Å². The van der Waals surface area contributed by atoms with E-state index in [1.807, 2.05) is 0 Å². The van der Waals surface area contributed by atoms with E-state index in [0.29, 0.717) is 6.04 Å². The second-order valence-corrected chi connectivity index (χ2v) is 8.39. The number of halogens is 1. The van der Waals surface area contributed by atoms with E-state index in [0.717, 1.165) is 31.5 Å². The van der Waals surface area contributed by atoms with Crippen LogP contribution in [0.5, 0.6) is 0 Å². The van der Waals surface area contributed by atoms with Gasteiger partial charge in [0.05, 0.1) is 6.54 Å². The van der Waals surface area contributed by atoms with Crippen LogP contribution in [0.25, 0.3) is 0 Å². The molecule has 0 bridgehead atoms. The Morgan fingerprint density at radius 1 is 1.07 bits per heavy atom. The molecule has 0 aromatic heterocycles. The maximum absolute atomic E-state index is 4.83. The van der Waals surface area contributed by atoms with Gasteiger partial charge in [0.1, 0.15) is 0 Å². The van der Waals surface area contributed by atoms with Gasteiger partial charge in [0.2, 0.25) is 0 Å². The van der Waals surface area contributed by atoms with Crippen LogP contribution in [0, 0.1) is 5.92 Å². The lowest BCUT2D eigenvalue weighted by atomic mass is 9.85. The predicted octanol–water partition coefficient (Wildman–Crippen LogP) is 3.55. The van der Waals surface area contributed by atoms with Gasteiger partial charge in [-0.2, -0.15) is 0 Å². The molecule has 1 unspecified atom stereocenters. The number of hydrogen-bond acceptors (Lipinski definition) is 3. The highest BCUT2D eigenvalue weighted by molar-refractivity contribution is 14.0. The van der Waals surface area contributed by atoms with Crippen molar-refractivity contribution in [2.24, 2.45) is 10.9 Å². The molecule has 1 saturated carbocycles. The van der Waals surface area contributed by atoms with Crippen LogP contribution >= 0.6 is 24.0 Å². The van der Waals surface area contributed by atoms with Gasteiger partial charge in [-0.1, -0.05) is 32.1 Å². The fourth-order valence-corrected chi connectivity index (χ4v) is 4.21. The van der Waals surface area contributed by atoms with Crippen molar-refractivity contribution in [2.45, 2.75) is 71.3 Å². The second kappa shape index (κ2) is 14.9. The van der Waals surface area contributed by atoms with E-state index in [2.05, 4.69) is 41.3 Å². The first-order valence-corrected chi connectivity index (χ1v) is 11.1. The van der Waals surface area contributed by atoms with Crippen LogP contribution in [-0.4, -0.2) is 74.7 Å². The Bertz CT molecular complexity index is 398. The lowest BCUT2D eigenvalue weighted by Gasteiger charge is -2.24. The molecule has 27 heavy (non-hydrogen) atoms. The quantitative estimate of drug-likeness (QED) is 0.309. The molecule has 160 valence electrons. The minimum absolute atomic E-state index is 0. The van der Waals surface area contributed by atoms with E-state index < -0.39 is 0 Å². The summed E-state index contributed by atoms with van der Waals surface area (Å²) in [6.45, 7) is 12.1. The normalized spacial score (nSPS) is 22.0. The van der Waals surface area contributed by atoms with Crippen molar-refractivity contribution in [1.29, 1.82) is 0 Å². The lowest BCUT2D eigenvalue weighted by molar-refractivity contribution is 0.283. The Morgan fingerprint density at radius 3 is 2.59 bits per heavy atom. The first-order chi connectivity index (χ1) is 12.7. The fourth-order valence-electron chi connectivity index (χ4n) is 4.21. The number of nitrogens with one attached hydrogen (secondary N) is 2. The zero-order valence-electron chi connectivity index (χ0n) is 18.0. The van der Waals surface area contributed by atoms with E-state index in [1.165, 1.54) is 77.5 Å². The highest BCUT2D eigenvalue weighted by Crippen LogP contribution is 2.27. The van der Waals surface area contributed by atoms with E-state index in [9.17, 15) is 0 Å². The number of nitrogens with zero attached hydrogens (tertiary/aromatic N) is 3. The summed E-state index contributed by atoms with van der Waals surface area (Å²) in [6.07, 6.45) is 11.2. The standard InChI is InChI=1S/C21H43N5.HI/c1-4-22-21(23-13-16-26-15-8-14-25(3)17-18-26)24-19(2)11-12-20-9-6-5-7-10-20;/h19-20H,4-18H2,1-3H3,(H2,22,23,24);1H. The van der Waals surface area contributed by atoms with Crippen molar-refractivity contribution in [2.75, 3.05) is 52.9 Å². The average Bonchev–Trinajstić information content (AvgIpc) is 2.85. The minimum Gasteiger partial charge on any atom is -0.357 e. The van der Waals surface area contributed by atoms with Crippen LogP contribution < -0.4 is 10.6 Å². The molecule has 2 aliphatic rings. The fraction of sp³-hybridized carbons (Fsp3) is 0.952. The molecule has 0 aromatic rings. The Balaban J connectivity index is 0.00000364. The number of rotatable bonds is 8. The molecule has 1 aliphatic carbocycles. The summed E-state index contributed by atoms with van der Waals surface area (Å²) in [4.78, 5) is 9.82. The van der Waals surface area contributed by atoms with Crippen molar-refractivity contribution in [3.05, 3.63) is 0 Å². The maximum atomic E-state index is 4.83. The zero-order chi connectivity index (χ0) is 18.6. The van der Waals surface area contributed by atoms with Crippen LogP contribution in [-0.2, 0) is 0 Å². The number of likely N-dealkylation sites (N-methyl/N-ethyl adjacent to an activating group) is 1. The Morgan fingerprint density at radius 2 is 1.85 bits per heavy atom. The second-order valence-electron chi connectivity index (χ2n) is 8.39. The Labute approximate surface area is 185 Å². The summed E-state index contributed by atoms with van der Waals surface area (Å²) in [5.74, 6) is 1.96. The van der Waals surface area contributed by atoms with Crippen LogP contribution in [0.3, 0.4) is 0 Å². The van der Waals surface area contributed by atoms with Gasteiger partial charge in [-0.25, -0.2) is 0 Å². The Hall–Kier alpha value is -0.0800. The largest absolute Gasteiger partial charge is 0.357 e. The molecule has 0 amide bonds. The summed E-state index contributed by atoms with van der Waals surface area (Å²) < 4.78 is 0. The summed E-state index contributed by atoms with van der Waals surface area (Å²) in [6, 6.07) is 0.501. The van der Waals surface area contributed by atoms with Crippen molar-refractivity contribution in [3.8, 4) is 0 Å². The smallest absolute Gasteiger partial charge is 0.191 e. The number of hydrogen-bond donors (Lipinski definition) is 2. The van der Waals surface area contributed by atoms with Gasteiger partial charge in [0.25, 0.3) is 0 Å². The van der Waals surface area contributed by atoms with Gasteiger partial charge in [-0.15, -0.1) is 24.0 Å². The van der Waals surface area contributed by atoms with Crippen LogP contribution in [0.1, 0.15) is 65.2 Å². The molecule has 1 heterocycles. The minimum atomic E-state index is 0. The molecule has 1 atom stereocenters. The molecule has 2 fully saturated rings. The Kier molecular flexibility index (Phi) is 13.7. The van der Waals surface area contributed by atoms with Crippen LogP contribution in [0.15, 0.2) is 4.99 Å². The molecule has 6 heteroatoms. The summed E-state index contributed by atoms with van der Waals surface area (Å²) >= 11 is 0. The third kappa shape index (κ3) is 10.9. The molecule has 2 N–H and O–H groups in total. The van der Waals surface area contributed by atoms with Crippen molar-refractivity contribution in [1.82, 2.24) is 20.4 Å². The topological polar surface area (TPSA) is 42.9 Å². The summed E-state index contributed by atoms with van der Waals surface area (Å²) in [5.41, 5.74) is 0. The van der Waals surface area contributed by atoms with Crippen molar-refractivity contribution >= 4 is 29.9 Å². The van der Waals surface area contributed by atoms with Gasteiger partial charge >= 0.3 is 0 Å². The van der Waals surface area contributed by atoms with Crippen molar-refractivity contribution in [3.63, 3.8) is 0 Å². The molecule has 0 spiro atoms. The third-order valence-electron chi connectivity index (χ3n) is 5.96. The average molecular weight is 494 g/mol. The molecule has 5 nitrogen and oxygen atoms in total. The zero-order valence-corrected chi connectivity index (χ0v) is 20.3. The van der Waals surface area contributed by atoms with Crippen LogP contribution in [0.4, 0.5) is 0 Å². The monoisotopic (exact) mass is 493 g/mol. The summed E-state index contributed by atoms with van der Waals surface area (Å²) in [7, 11) is 2.23. The van der Waals surface area contributed by atoms with E-state index in [-0.39, 0.29) is 24.0 Å². The number of guanidine groups is 1. The first-order valence-electron chi connectivity index (χ1n) is 11.1. The van der Waals surface area contributed by atoms with Gasteiger partial charge in [0, 0.05) is 32.2 Å². The highest BCUT2D eigenvalue weighted by atomic mass is 127. The van der Waals surface area contributed by atoms with Crippen LogP contribution in [0.2, 0.25) is 0 Å². The molecule has 1 saturated heterocycles. The molecule has 0 radical (unpaired) electrons.